The SMILES string of the molecule is CCCCC[C@H]1CC[C@H](C2COC(c3ccc(OC(F)F)cc3)OC2)CC1. The van der Waals surface area contributed by atoms with Gasteiger partial charge in [-0.15, -0.1) is 0 Å². The van der Waals surface area contributed by atoms with Crippen molar-refractivity contribution in [3.05, 3.63) is 29.8 Å². The molecule has 3 rings (SSSR count). The van der Waals surface area contributed by atoms with Gasteiger partial charge in [0.25, 0.3) is 0 Å². The number of benzene rings is 1. The molecule has 3 nitrogen and oxygen atoms in total. The zero-order chi connectivity index (χ0) is 19.1. The molecule has 27 heavy (non-hydrogen) atoms. The summed E-state index contributed by atoms with van der Waals surface area (Å²) >= 11 is 0. The number of ether oxygens (including phenoxy) is 3. The van der Waals surface area contributed by atoms with E-state index < -0.39 is 12.9 Å². The monoisotopic (exact) mass is 382 g/mol. The molecule has 0 N–H and O–H groups in total. The molecule has 1 heterocycles. The molecule has 0 unspecified atom stereocenters. The number of alkyl halides is 2. The standard InChI is InChI=1S/C22H32F2O3/c1-2-3-4-5-16-6-8-17(9-7-16)19-14-25-21(26-15-19)18-10-12-20(13-11-18)27-22(23)24/h10-13,16-17,19,21-22H,2-9,14-15H2,1H3/t16-,17-,19?,21?. The van der Waals surface area contributed by atoms with Crippen molar-refractivity contribution in [3.8, 4) is 5.75 Å². The van der Waals surface area contributed by atoms with Crippen molar-refractivity contribution in [2.24, 2.45) is 17.8 Å². The Morgan fingerprint density at radius 1 is 0.963 bits per heavy atom. The van der Waals surface area contributed by atoms with Crippen LogP contribution in [0.2, 0.25) is 0 Å². The van der Waals surface area contributed by atoms with E-state index in [2.05, 4.69) is 11.7 Å². The van der Waals surface area contributed by atoms with Crippen molar-refractivity contribution < 1.29 is 23.0 Å². The van der Waals surface area contributed by atoms with Gasteiger partial charge in [-0.3, -0.25) is 0 Å². The molecule has 0 radical (unpaired) electrons. The molecule has 0 bridgehead atoms. The van der Waals surface area contributed by atoms with Gasteiger partial charge < -0.3 is 14.2 Å². The summed E-state index contributed by atoms with van der Waals surface area (Å²) in [5.74, 6) is 2.24. The lowest BCUT2D eigenvalue weighted by molar-refractivity contribution is -0.214. The Hall–Kier alpha value is -1.20. The van der Waals surface area contributed by atoms with Crippen LogP contribution < -0.4 is 4.74 Å². The van der Waals surface area contributed by atoms with Crippen molar-refractivity contribution in [2.45, 2.75) is 71.2 Å². The predicted molar refractivity (Wildman–Crippen MR) is 101 cm³/mol. The largest absolute Gasteiger partial charge is 0.435 e. The van der Waals surface area contributed by atoms with E-state index in [0.717, 1.165) is 11.5 Å². The lowest BCUT2D eigenvalue weighted by Crippen LogP contribution is -2.34. The summed E-state index contributed by atoms with van der Waals surface area (Å²) in [6.45, 7) is 0.884. The second-order valence-electron chi connectivity index (χ2n) is 7.98. The van der Waals surface area contributed by atoms with Crippen LogP contribution >= 0.6 is 0 Å². The second-order valence-corrected chi connectivity index (χ2v) is 7.98. The van der Waals surface area contributed by atoms with Crippen LogP contribution in [0.3, 0.4) is 0 Å². The maximum atomic E-state index is 12.2. The van der Waals surface area contributed by atoms with Crippen molar-refractivity contribution in [1.29, 1.82) is 0 Å². The summed E-state index contributed by atoms with van der Waals surface area (Å²) in [5, 5.41) is 0. The molecule has 0 aromatic heterocycles. The third-order valence-electron chi connectivity index (χ3n) is 6.07. The van der Waals surface area contributed by atoms with Crippen molar-refractivity contribution in [1.82, 2.24) is 0 Å². The van der Waals surface area contributed by atoms with Crippen LogP contribution in [0.5, 0.6) is 5.75 Å². The molecule has 0 atom stereocenters. The van der Waals surface area contributed by atoms with Crippen LogP contribution in [0.15, 0.2) is 24.3 Å². The summed E-state index contributed by atoms with van der Waals surface area (Å²) in [6.07, 6.45) is 10.3. The first-order valence-electron chi connectivity index (χ1n) is 10.4. The zero-order valence-electron chi connectivity index (χ0n) is 16.2. The van der Waals surface area contributed by atoms with E-state index in [-0.39, 0.29) is 5.75 Å². The molecule has 1 aromatic carbocycles. The molecule has 2 fully saturated rings. The molecule has 1 saturated carbocycles. The van der Waals surface area contributed by atoms with Crippen LogP contribution in [-0.2, 0) is 9.47 Å². The van der Waals surface area contributed by atoms with Crippen LogP contribution in [0, 0.1) is 17.8 Å². The molecular formula is C22H32F2O3. The minimum Gasteiger partial charge on any atom is -0.435 e. The highest BCUT2D eigenvalue weighted by molar-refractivity contribution is 5.28. The first-order valence-corrected chi connectivity index (χ1v) is 10.4. The minimum absolute atomic E-state index is 0.151. The normalized spacial score (nSPS) is 29.0. The third-order valence-corrected chi connectivity index (χ3v) is 6.07. The van der Waals surface area contributed by atoms with Gasteiger partial charge in [-0.2, -0.15) is 8.78 Å². The highest BCUT2D eigenvalue weighted by atomic mass is 19.3. The molecule has 0 amide bonds. The molecule has 1 aliphatic carbocycles. The fourth-order valence-electron chi connectivity index (χ4n) is 4.42. The van der Waals surface area contributed by atoms with Gasteiger partial charge in [-0.1, -0.05) is 57.6 Å². The fraction of sp³-hybridized carbons (Fsp3) is 0.727. The van der Waals surface area contributed by atoms with E-state index in [1.54, 1.807) is 12.1 Å². The van der Waals surface area contributed by atoms with Gasteiger partial charge in [0.15, 0.2) is 6.29 Å². The third kappa shape index (κ3) is 6.15. The Bertz CT molecular complexity index is 533. The molecule has 1 aromatic rings. The quantitative estimate of drug-likeness (QED) is 0.491. The van der Waals surface area contributed by atoms with Crippen molar-refractivity contribution >= 4 is 0 Å². The summed E-state index contributed by atoms with van der Waals surface area (Å²) in [4.78, 5) is 0. The van der Waals surface area contributed by atoms with E-state index in [9.17, 15) is 8.78 Å². The average Bonchev–Trinajstić information content (AvgIpc) is 2.69. The number of halogens is 2. The van der Waals surface area contributed by atoms with Crippen LogP contribution in [0.4, 0.5) is 8.78 Å². The number of rotatable bonds is 8. The number of hydrogen-bond acceptors (Lipinski definition) is 3. The number of hydrogen-bond donors (Lipinski definition) is 0. The first kappa shape index (κ1) is 20.5. The van der Waals surface area contributed by atoms with Crippen molar-refractivity contribution in [2.75, 3.05) is 13.2 Å². The van der Waals surface area contributed by atoms with Gasteiger partial charge in [0.05, 0.1) is 13.2 Å². The van der Waals surface area contributed by atoms with Gasteiger partial charge in [-0.25, -0.2) is 0 Å². The van der Waals surface area contributed by atoms with Gasteiger partial charge in [-0.05, 0) is 36.8 Å². The average molecular weight is 382 g/mol. The van der Waals surface area contributed by atoms with Crippen LogP contribution in [0.25, 0.3) is 0 Å². The molecule has 5 heteroatoms. The summed E-state index contributed by atoms with van der Waals surface area (Å²) in [5.41, 5.74) is 0.842. The highest BCUT2D eigenvalue weighted by Crippen LogP contribution is 2.38. The van der Waals surface area contributed by atoms with Crippen LogP contribution in [-0.4, -0.2) is 19.8 Å². The molecule has 1 aliphatic heterocycles. The molecule has 2 aliphatic rings. The van der Waals surface area contributed by atoms with Gasteiger partial charge in [0, 0.05) is 11.5 Å². The lowest BCUT2D eigenvalue weighted by atomic mass is 9.74. The Labute approximate surface area is 161 Å². The Morgan fingerprint density at radius 2 is 1.63 bits per heavy atom. The lowest BCUT2D eigenvalue weighted by Gasteiger charge is -2.38. The first-order chi connectivity index (χ1) is 13.2. The van der Waals surface area contributed by atoms with Gasteiger partial charge in [0.2, 0.25) is 0 Å². The smallest absolute Gasteiger partial charge is 0.387 e. The molecular weight excluding hydrogens is 350 g/mol. The zero-order valence-corrected chi connectivity index (χ0v) is 16.2. The Kier molecular flexibility index (Phi) is 7.89. The number of unbranched alkanes of at least 4 members (excludes halogenated alkanes) is 2. The highest BCUT2D eigenvalue weighted by Gasteiger charge is 2.32. The van der Waals surface area contributed by atoms with E-state index in [0.29, 0.717) is 25.0 Å². The van der Waals surface area contributed by atoms with Crippen molar-refractivity contribution in [3.63, 3.8) is 0 Å². The summed E-state index contributed by atoms with van der Waals surface area (Å²) in [6, 6.07) is 6.51. The minimum atomic E-state index is -2.81. The Balaban J connectivity index is 1.40. The summed E-state index contributed by atoms with van der Waals surface area (Å²) < 4.78 is 40.7. The Morgan fingerprint density at radius 3 is 2.22 bits per heavy atom. The molecule has 0 spiro atoms. The van der Waals surface area contributed by atoms with Crippen LogP contribution in [0.1, 0.15) is 70.1 Å². The van der Waals surface area contributed by atoms with E-state index in [1.807, 2.05) is 0 Å². The second kappa shape index (κ2) is 10.4. The predicted octanol–water partition coefficient (Wildman–Crippen LogP) is 6.34. The fourth-order valence-corrected chi connectivity index (χ4v) is 4.42. The van der Waals surface area contributed by atoms with E-state index >= 15 is 0 Å². The molecule has 1 saturated heterocycles. The van der Waals surface area contributed by atoms with E-state index in [4.69, 9.17) is 9.47 Å². The topological polar surface area (TPSA) is 27.7 Å². The molecule has 152 valence electrons. The van der Waals surface area contributed by atoms with Gasteiger partial charge in [0.1, 0.15) is 5.75 Å². The summed E-state index contributed by atoms with van der Waals surface area (Å²) in [7, 11) is 0. The maximum Gasteiger partial charge on any atom is 0.387 e. The van der Waals surface area contributed by atoms with E-state index in [1.165, 1.54) is 63.5 Å². The maximum absolute atomic E-state index is 12.2. The van der Waals surface area contributed by atoms with Gasteiger partial charge >= 0.3 is 6.61 Å².